The lowest BCUT2D eigenvalue weighted by atomic mass is 10.8. The van der Waals surface area contributed by atoms with Gasteiger partial charge in [0.2, 0.25) is 0 Å². The lowest BCUT2D eigenvalue weighted by Crippen LogP contribution is -2.34. The van der Waals surface area contributed by atoms with E-state index in [2.05, 4.69) is 5.10 Å². The van der Waals surface area contributed by atoms with Gasteiger partial charge in [-0.05, 0) is 0 Å². The van der Waals surface area contributed by atoms with Gasteiger partial charge in [0.15, 0.2) is 0 Å². The molecule has 0 saturated heterocycles. The maximum Gasteiger partial charge on any atom is 0.342 e. The molecule has 78 valence electrons. The Morgan fingerprint density at radius 2 is 1.86 bits per heavy atom. The van der Waals surface area contributed by atoms with E-state index >= 15 is 0 Å². The van der Waals surface area contributed by atoms with Gasteiger partial charge in [0.05, 0.1) is 0 Å². The molecule has 0 aromatic carbocycles. The summed E-state index contributed by atoms with van der Waals surface area (Å²) in [5.74, 6) is 0. The molecule has 1 heterocycles. The SMILES string of the molecule is CN(C)S(=O)(=O)c1n[nH]c(=O)[nH]c1=O. The first-order valence-electron chi connectivity index (χ1n) is 3.47. The number of H-pyrrole nitrogens is 2. The molecule has 0 saturated carbocycles. The first kappa shape index (κ1) is 10.6. The van der Waals surface area contributed by atoms with Gasteiger partial charge < -0.3 is 0 Å². The van der Waals surface area contributed by atoms with Crippen molar-refractivity contribution in [3.05, 3.63) is 20.8 Å². The van der Waals surface area contributed by atoms with Crippen LogP contribution in [-0.2, 0) is 10.0 Å². The van der Waals surface area contributed by atoms with Crippen LogP contribution >= 0.6 is 0 Å². The maximum atomic E-state index is 11.4. The van der Waals surface area contributed by atoms with E-state index in [0.717, 1.165) is 4.31 Å². The molecule has 14 heavy (non-hydrogen) atoms. The molecule has 1 aromatic heterocycles. The summed E-state index contributed by atoms with van der Waals surface area (Å²) in [6, 6.07) is 0. The van der Waals surface area contributed by atoms with Gasteiger partial charge in [-0.2, -0.15) is 5.10 Å². The average molecular weight is 220 g/mol. The minimum absolute atomic E-state index is 0.734. The first-order chi connectivity index (χ1) is 6.35. The predicted molar refractivity (Wildman–Crippen MR) is 46.4 cm³/mol. The monoisotopic (exact) mass is 220 g/mol. The van der Waals surface area contributed by atoms with Gasteiger partial charge in [-0.25, -0.2) is 22.6 Å². The number of rotatable bonds is 2. The van der Waals surface area contributed by atoms with E-state index in [9.17, 15) is 18.0 Å². The van der Waals surface area contributed by atoms with Gasteiger partial charge >= 0.3 is 5.69 Å². The van der Waals surface area contributed by atoms with Gasteiger partial charge in [-0.3, -0.25) is 9.78 Å². The van der Waals surface area contributed by atoms with Crippen LogP contribution in [0.25, 0.3) is 0 Å². The van der Waals surface area contributed by atoms with Gasteiger partial charge in [-0.1, -0.05) is 0 Å². The van der Waals surface area contributed by atoms with Crippen LogP contribution in [0.4, 0.5) is 0 Å². The molecule has 0 spiro atoms. The topological polar surface area (TPSA) is 116 Å². The number of hydrogen-bond acceptors (Lipinski definition) is 5. The van der Waals surface area contributed by atoms with Crippen molar-refractivity contribution >= 4 is 10.0 Å². The third kappa shape index (κ3) is 1.72. The van der Waals surface area contributed by atoms with Crippen molar-refractivity contribution in [3.63, 3.8) is 0 Å². The number of hydrogen-bond donors (Lipinski definition) is 2. The first-order valence-corrected chi connectivity index (χ1v) is 4.91. The molecule has 0 aliphatic carbocycles. The molecule has 0 fully saturated rings. The molecule has 2 N–H and O–H groups in total. The molecular weight excluding hydrogens is 212 g/mol. The van der Waals surface area contributed by atoms with E-state index in [4.69, 9.17) is 0 Å². The molecule has 0 atom stereocenters. The fourth-order valence-electron chi connectivity index (χ4n) is 0.685. The Bertz CT molecular complexity index is 539. The minimum Gasteiger partial charge on any atom is -0.270 e. The highest BCUT2D eigenvalue weighted by molar-refractivity contribution is 7.89. The summed E-state index contributed by atoms with van der Waals surface area (Å²) in [7, 11) is -1.41. The van der Waals surface area contributed by atoms with Gasteiger partial charge in [0.1, 0.15) is 0 Å². The third-order valence-electron chi connectivity index (χ3n) is 1.41. The van der Waals surface area contributed by atoms with Crippen LogP contribution in [0.2, 0.25) is 0 Å². The van der Waals surface area contributed by atoms with Crippen molar-refractivity contribution in [1.82, 2.24) is 19.5 Å². The predicted octanol–water partition coefficient (Wildman–Crippen LogP) is -2.29. The molecule has 9 heteroatoms. The van der Waals surface area contributed by atoms with Gasteiger partial charge in [-0.15, -0.1) is 0 Å². The van der Waals surface area contributed by atoms with E-state index in [-0.39, 0.29) is 0 Å². The van der Waals surface area contributed by atoms with Crippen LogP contribution < -0.4 is 11.2 Å². The van der Waals surface area contributed by atoms with Crippen molar-refractivity contribution in [2.45, 2.75) is 5.03 Å². The van der Waals surface area contributed by atoms with Crippen molar-refractivity contribution in [2.75, 3.05) is 14.1 Å². The zero-order valence-electron chi connectivity index (χ0n) is 7.44. The zero-order chi connectivity index (χ0) is 10.9. The van der Waals surface area contributed by atoms with E-state index in [1.54, 1.807) is 4.98 Å². The number of nitrogens with one attached hydrogen (secondary N) is 2. The fourth-order valence-corrected chi connectivity index (χ4v) is 1.48. The maximum absolute atomic E-state index is 11.4. The summed E-state index contributed by atoms with van der Waals surface area (Å²) in [6.07, 6.45) is 0. The standard InChI is InChI=1S/C5H8N4O4S/c1-9(2)14(12,13)4-3(10)6-5(11)8-7-4/h1-2H3,(H2,6,8,10,11). The number of sulfonamides is 1. The summed E-state index contributed by atoms with van der Waals surface area (Å²) >= 11 is 0. The molecule has 0 radical (unpaired) electrons. The van der Waals surface area contributed by atoms with Crippen molar-refractivity contribution in [2.24, 2.45) is 0 Å². The Labute approximate surface area is 78.6 Å². The highest BCUT2D eigenvalue weighted by Gasteiger charge is 2.23. The second kappa shape index (κ2) is 3.35. The highest BCUT2D eigenvalue weighted by atomic mass is 32.2. The zero-order valence-corrected chi connectivity index (χ0v) is 8.25. The Kier molecular flexibility index (Phi) is 2.53. The van der Waals surface area contributed by atoms with Crippen molar-refractivity contribution in [1.29, 1.82) is 0 Å². The largest absolute Gasteiger partial charge is 0.342 e. The van der Waals surface area contributed by atoms with E-state index in [1.807, 2.05) is 5.10 Å². The molecule has 8 nitrogen and oxygen atoms in total. The molecule has 1 aromatic rings. The number of nitrogens with zero attached hydrogens (tertiary/aromatic N) is 2. The van der Waals surface area contributed by atoms with Crippen LogP contribution in [0.5, 0.6) is 0 Å². The highest BCUT2D eigenvalue weighted by Crippen LogP contribution is 2.00. The Morgan fingerprint density at radius 3 is 2.29 bits per heavy atom. The lowest BCUT2D eigenvalue weighted by Gasteiger charge is -2.07. The summed E-state index contributed by atoms with van der Waals surface area (Å²) < 4.78 is 23.6. The lowest BCUT2D eigenvalue weighted by molar-refractivity contribution is 0.511. The van der Waals surface area contributed by atoms with E-state index in [1.165, 1.54) is 14.1 Å². The van der Waals surface area contributed by atoms with E-state index in [0.29, 0.717) is 0 Å². The number of aromatic nitrogens is 3. The smallest absolute Gasteiger partial charge is 0.270 e. The Balaban J connectivity index is 3.51. The summed E-state index contributed by atoms with van der Waals surface area (Å²) in [5.41, 5.74) is -1.89. The molecular formula is C5H8N4O4S. The second-order valence-corrected chi connectivity index (χ2v) is 4.67. The van der Waals surface area contributed by atoms with Crippen LogP contribution in [-0.4, -0.2) is 42.0 Å². The quantitative estimate of drug-likeness (QED) is 0.581. The molecule has 0 bridgehead atoms. The third-order valence-corrected chi connectivity index (χ3v) is 3.13. The minimum atomic E-state index is -3.92. The van der Waals surface area contributed by atoms with Crippen molar-refractivity contribution in [3.8, 4) is 0 Å². The van der Waals surface area contributed by atoms with Gasteiger partial charge in [0.25, 0.3) is 20.6 Å². The van der Waals surface area contributed by atoms with Crippen LogP contribution in [0.1, 0.15) is 0 Å². The molecule has 1 rings (SSSR count). The average Bonchev–Trinajstić information content (AvgIpc) is 2.02. The Morgan fingerprint density at radius 1 is 1.29 bits per heavy atom. The molecule has 0 aliphatic rings. The van der Waals surface area contributed by atoms with Crippen LogP contribution in [0, 0.1) is 0 Å². The fraction of sp³-hybridized carbons (Fsp3) is 0.400. The normalized spacial score (nSPS) is 11.9. The van der Waals surface area contributed by atoms with Crippen molar-refractivity contribution < 1.29 is 8.42 Å². The second-order valence-electron chi connectivity index (χ2n) is 2.60. The summed E-state index contributed by atoms with van der Waals surface area (Å²) in [4.78, 5) is 23.4. The molecule has 0 unspecified atom stereocenters. The van der Waals surface area contributed by atoms with Crippen LogP contribution in [0.15, 0.2) is 14.6 Å². The molecule has 0 aliphatic heterocycles. The summed E-state index contributed by atoms with van der Waals surface area (Å²) in [5, 5.41) is 4.26. The Hall–Kier alpha value is -1.48. The van der Waals surface area contributed by atoms with E-state index < -0.39 is 26.3 Å². The number of aromatic amines is 2. The van der Waals surface area contributed by atoms with Gasteiger partial charge in [0, 0.05) is 14.1 Å². The summed E-state index contributed by atoms with van der Waals surface area (Å²) in [6.45, 7) is 0. The van der Waals surface area contributed by atoms with Crippen LogP contribution in [0.3, 0.4) is 0 Å². The molecule has 0 amide bonds.